The minimum Gasteiger partial charge on any atom is -0.497 e. The van der Waals surface area contributed by atoms with Gasteiger partial charge in [0.05, 0.1) is 12.8 Å². The minimum atomic E-state index is 0.0186. The Hall–Kier alpha value is -3.48. The van der Waals surface area contributed by atoms with Gasteiger partial charge in [0, 0.05) is 48.7 Å². The molecule has 0 bridgehead atoms. The van der Waals surface area contributed by atoms with Crippen LogP contribution in [-0.2, 0) is 0 Å². The van der Waals surface area contributed by atoms with E-state index in [0.29, 0.717) is 12.1 Å². The fraction of sp³-hybridized carbons (Fsp3) is 0.273. The SMILES string of the molecule is COc1ccc(-c2cnc(N)nc2[C@@H]2CCCN(C(=O)c3ccncc3)C2)cc1. The monoisotopic (exact) mass is 389 g/mol. The van der Waals surface area contributed by atoms with Gasteiger partial charge in [-0.3, -0.25) is 9.78 Å². The highest BCUT2D eigenvalue weighted by Gasteiger charge is 2.28. The van der Waals surface area contributed by atoms with Crippen LogP contribution in [0.1, 0.15) is 34.8 Å². The Morgan fingerprint density at radius 2 is 1.93 bits per heavy atom. The number of carbonyl (C=O) groups excluding carboxylic acids is 1. The zero-order valence-corrected chi connectivity index (χ0v) is 16.3. The summed E-state index contributed by atoms with van der Waals surface area (Å²) >= 11 is 0. The van der Waals surface area contributed by atoms with Crippen molar-refractivity contribution in [3.63, 3.8) is 0 Å². The summed E-state index contributed by atoms with van der Waals surface area (Å²) < 4.78 is 5.25. The van der Waals surface area contributed by atoms with Crippen LogP contribution in [0.4, 0.5) is 5.95 Å². The predicted molar refractivity (Wildman–Crippen MR) is 111 cm³/mol. The molecule has 0 aliphatic carbocycles. The number of nitrogen functional groups attached to an aromatic ring is 1. The zero-order chi connectivity index (χ0) is 20.2. The lowest BCUT2D eigenvalue weighted by atomic mass is 9.89. The van der Waals surface area contributed by atoms with Gasteiger partial charge in [-0.05, 0) is 42.7 Å². The summed E-state index contributed by atoms with van der Waals surface area (Å²) in [6, 6.07) is 11.3. The van der Waals surface area contributed by atoms with Crippen LogP contribution >= 0.6 is 0 Å². The maximum atomic E-state index is 12.9. The molecule has 0 saturated carbocycles. The van der Waals surface area contributed by atoms with Crippen molar-refractivity contribution in [2.45, 2.75) is 18.8 Å². The van der Waals surface area contributed by atoms with E-state index in [-0.39, 0.29) is 17.8 Å². The van der Waals surface area contributed by atoms with Crippen LogP contribution in [0.5, 0.6) is 5.75 Å². The number of hydrogen-bond acceptors (Lipinski definition) is 6. The molecule has 7 nitrogen and oxygen atoms in total. The Labute approximate surface area is 169 Å². The van der Waals surface area contributed by atoms with Gasteiger partial charge >= 0.3 is 0 Å². The average molecular weight is 389 g/mol. The molecule has 3 aromatic rings. The van der Waals surface area contributed by atoms with E-state index < -0.39 is 0 Å². The molecule has 1 aliphatic rings. The molecule has 1 aromatic carbocycles. The van der Waals surface area contributed by atoms with Crippen LogP contribution in [0, 0.1) is 0 Å². The number of rotatable bonds is 4. The standard InChI is InChI=1S/C22H23N5O2/c1-29-18-6-4-15(5-7-18)19-13-25-22(23)26-20(19)17-3-2-12-27(14-17)21(28)16-8-10-24-11-9-16/h4-11,13,17H,2-3,12,14H2,1H3,(H2,23,25,26)/t17-/m1/s1. The van der Waals surface area contributed by atoms with Crippen molar-refractivity contribution in [1.29, 1.82) is 0 Å². The van der Waals surface area contributed by atoms with Crippen molar-refractivity contribution >= 4 is 11.9 Å². The molecule has 0 radical (unpaired) electrons. The Balaban J connectivity index is 1.63. The number of nitrogens with two attached hydrogens (primary N) is 1. The van der Waals surface area contributed by atoms with Crippen molar-refractivity contribution < 1.29 is 9.53 Å². The van der Waals surface area contributed by atoms with Gasteiger partial charge in [0.1, 0.15) is 5.75 Å². The van der Waals surface area contributed by atoms with Gasteiger partial charge in [-0.1, -0.05) is 12.1 Å². The number of nitrogens with zero attached hydrogens (tertiary/aromatic N) is 4. The zero-order valence-electron chi connectivity index (χ0n) is 16.3. The third kappa shape index (κ3) is 4.03. The van der Waals surface area contributed by atoms with Gasteiger partial charge in [0.15, 0.2) is 0 Å². The van der Waals surface area contributed by atoms with E-state index in [0.717, 1.165) is 42.0 Å². The molecule has 148 valence electrons. The van der Waals surface area contributed by atoms with Gasteiger partial charge in [0.25, 0.3) is 5.91 Å². The molecule has 1 aliphatic heterocycles. The van der Waals surface area contributed by atoms with E-state index >= 15 is 0 Å². The molecule has 0 spiro atoms. The second-order valence-corrected chi connectivity index (χ2v) is 7.08. The first kappa shape index (κ1) is 18.9. The number of likely N-dealkylation sites (tertiary alicyclic amines) is 1. The average Bonchev–Trinajstić information content (AvgIpc) is 2.79. The van der Waals surface area contributed by atoms with E-state index in [9.17, 15) is 4.79 Å². The number of aromatic nitrogens is 3. The topological polar surface area (TPSA) is 94.2 Å². The van der Waals surface area contributed by atoms with Crippen molar-refractivity contribution in [2.24, 2.45) is 0 Å². The molecule has 2 N–H and O–H groups in total. The lowest BCUT2D eigenvalue weighted by Gasteiger charge is -2.33. The molecule has 0 unspecified atom stereocenters. The first-order chi connectivity index (χ1) is 14.2. The van der Waals surface area contributed by atoms with E-state index in [1.165, 1.54) is 0 Å². The molecule has 2 aromatic heterocycles. The van der Waals surface area contributed by atoms with Crippen LogP contribution in [-0.4, -0.2) is 46.0 Å². The number of amides is 1. The maximum Gasteiger partial charge on any atom is 0.253 e. The van der Waals surface area contributed by atoms with Crippen molar-refractivity contribution in [3.05, 3.63) is 66.2 Å². The lowest BCUT2D eigenvalue weighted by Crippen LogP contribution is -2.39. The van der Waals surface area contributed by atoms with Crippen LogP contribution in [0.2, 0.25) is 0 Å². The van der Waals surface area contributed by atoms with Gasteiger partial charge in [0.2, 0.25) is 5.95 Å². The molecule has 4 rings (SSSR count). The number of pyridine rings is 1. The minimum absolute atomic E-state index is 0.0186. The Morgan fingerprint density at radius 1 is 1.17 bits per heavy atom. The Morgan fingerprint density at radius 3 is 2.66 bits per heavy atom. The van der Waals surface area contributed by atoms with Gasteiger partial charge < -0.3 is 15.4 Å². The fourth-order valence-electron chi connectivity index (χ4n) is 3.78. The highest BCUT2D eigenvalue weighted by molar-refractivity contribution is 5.94. The van der Waals surface area contributed by atoms with E-state index in [2.05, 4.69) is 15.0 Å². The number of benzene rings is 1. The first-order valence-electron chi connectivity index (χ1n) is 9.62. The number of ether oxygens (including phenoxy) is 1. The summed E-state index contributed by atoms with van der Waals surface area (Å²) in [5.41, 5.74) is 9.38. The number of piperidine rings is 1. The highest BCUT2D eigenvalue weighted by atomic mass is 16.5. The molecular formula is C22H23N5O2. The molecule has 1 fully saturated rings. The number of methoxy groups -OCH3 is 1. The van der Waals surface area contributed by atoms with Gasteiger partial charge in [-0.2, -0.15) is 0 Å². The summed E-state index contributed by atoms with van der Waals surface area (Å²) in [5, 5.41) is 0. The number of carbonyl (C=O) groups is 1. The molecule has 1 amide bonds. The largest absolute Gasteiger partial charge is 0.497 e. The molecule has 3 heterocycles. The Bertz CT molecular complexity index is 992. The third-order valence-corrected chi connectivity index (χ3v) is 5.26. The van der Waals surface area contributed by atoms with Crippen LogP contribution in [0.15, 0.2) is 55.0 Å². The molecule has 7 heteroatoms. The van der Waals surface area contributed by atoms with Crippen LogP contribution < -0.4 is 10.5 Å². The third-order valence-electron chi connectivity index (χ3n) is 5.26. The summed E-state index contributed by atoms with van der Waals surface area (Å²) in [6.07, 6.45) is 6.90. The van der Waals surface area contributed by atoms with Crippen LogP contribution in [0.25, 0.3) is 11.1 Å². The van der Waals surface area contributed by atoms with E-state index in [4.69, 9.17) is 10.5 Å². The number of hydrogen-bond donors (Lipinski definition) is 1. The maximum absolute atomic E-state index is 12.9. The van der Waals surface area contributed by atoms with E-state index in [1.54, 1.807) is 37.8 Å². The van der Waals surface area contributed by atoms with Crippen molar-refractivity contribution in [2.75, 3.05) is 25.9 Å². The molecular weight excluding hydrogens is 366 g/mol. The molecule has 1 saturated heterocycles. The number of anilines is 1. The molecule has 29 heavy (non-hydrogen) atoms. The summed E-state index contributed by atoms with van der Waals surface area (Å²) in [6.45, 7) is 1.33. The molecule has 1 atom stereocenters. The van der Waals surface area contributed by atoms with Gasteiger partial charge in [-0.25, -0.2) is 9.97 Å². The second-order valence-electron chi connectivity index (χ2n) is 7.08. The Kier molecular flexibility index (Phi) is 5.37. The van der Waals surface area contributed by atoms with Gasteiger partial charge in [-0.15, -0.1) is 0 Å². The predicted octanol–water partition coefficient (Wildman–Crippen LogP) is 3.15. The quantitative estimate of drug-likeness (QED) is 0.737. The van der Waals surface area contributed by atoms with Crippen molar-refractivity contribution in [3.8, 4) is 16.9 Å². The van der Waals surface area contributed by atoms with Crippen LogP contribution in [0.3, 0.4) is 0 Å². The first-order valence-corrected chi connectivity index (χ1v) is 9.62. The lowest BCUT2D eigenvalue weighted by molar-refractivity contribution is 0.0706. The smallest absolute Gasteiger partial charge is 0.253 e. The summed E-state index contributed by atoms with van der Waals surface area (Å²) in [5.74, 6) is 1.15. The summed E-state index contributed by atoms with van der Waals surface area (Å²) in [4.78, 5) is 27.5. The van der Waals surface area contributed by atoms with Crippen molar-refractivity contribution in [1.82, 2.24) is 19.9 Å². The summed E-state index contributed by atoms with van der Waals surface area (Å²) in [7, 11) is 1.64. The second kappa shape index (κ2) is 8.26. The fourth-order valence-corrected chi connectivity index (χ4v) is 3.78. The van der Waals surface area contributed by atoms with E-state index in [1.807, 2.05) is 29.2 Å². The highest BCUT2D eigenvalue weighted by Crippen LogP contribution is 2.34. The normalized spacial score (nSPS) is 16.4.